The lowest BCUT2D eigenvalue weighted by Crippen LogP contribution is -2.15. The van der Waals surface area contributed by atoms with Crippen molar-refractivity contribution >= 4 is 5.84 Å². The molecule has 20 heavy (non-hydrogen) atoms. The number of halogens is 1. The molecule has 0 aliphatic carbocycles. The van der Waals surface area contributed by atoms with Gasteiger partial charge in [-0.05, 0) is 29.8 Å². The number of amidine groups is 1. The van der Waals surface area contributed by atoms with Crippen molar-refractivity contribution in [1.29, 1.82) is 5.41 Å². The summed E-state index contributed by atoms with van der Waals surface area (Å²) in [6.45, 7) is 0.237. The molecule has 3 N–H and O–H groups in total. The number of ether oxygens (including phenoxy) is 2. The van der Waals surface area contributed by atoms with Gasteiger partial charge in [-0.15, -0.1) is 0 Å². The second kappa shape index (κ2) is 6.06. The number of nitrogens with two attached hydrogens (primary N) is 1. The summed E-state index contributed by atoms with van der Waals surface area (Å²) in [5.74, 6) is 0.0434. The molecule has 0 aliphatic heterocycles. The third-order valence-electron chi connectivity index (χ3n) is 2.77. The smallest absolute Gasteiger partial charge is 0.137 e. The lowest BCUT2D eigenvalue weighted by molar-refractivity contribution is 0.303. The maximum absolute atomic E-state index is 13.6. The van der Waals surface area contributed by atoms with Crippen LogP contribution in [0.5, 0.6) is 11.5 Å². The molecule has 4 nitrogen and oxygen atoms in total. The zero-order valence-electron chi connectivity index (χ0n) is 11.0. The van der Waals surface area contributed by atoms with Gasteiger partial charge in [0.15, 0.2) is 0 Å². The Kier molecular flexibility index (Phi) is 4.20. The Hall–Kier alpha value is -2.56. The summed E-state index contributed by atoms with van der Waals surface area (Å²) in [6.07, 6.45) is 0. The van der Waals surface area contributed by atoms with Crippen LogP contribution in [0.15, 0.2) is 42.5 Å². The number of nitrogens with one attached hydrogen (secondary N) is 1. The van der Waals surface area contributed by atoms with Crippen LogP contribution < -0.4 is 15.2 Å². The van der Waals surface area contributed by atoms with Crippen LogP contribution in [0.1, 0.15) is 11.1 Å². The highest BCUT2D eigenvalue weighted by molar-refractivity contribution is 5.97. The van der Waals surface area contributed by atoms with Crippen LogP contribution in [0.2, 0.25) is 0 Å². The molecule has 0 aliphatic rings. The number of methoxy groups -OCH3 is 1. The fourth-order valence-electron chi connectivity index (χ4n) is 1.81. The van der Waals surface area contributed by atoms with Crippen molar-refractivity contribution in [3.05, 3.63) is 59.4 Å². The molecule has 104 valence electrons. The molecule has 0 radical (unpaired) electrons. The number of hydrogen-bond donors (Lipinski definition) is 2. The van der Waals surface area contributed by atoms with Crippen molar-refractivity contribution in [3.63, 3.8) is 0 Å². The fourth-order valence-corrected chi connectivity index (χ4v) is 1.81. The van der Waals surface area contributed by atoms with Crippen LogP contribution in [0.4, 0.5) is 4.39 Å². The molecule has 0 saturated heterocycles. The number of benzene rings is 2. The predicted octanol–water partition coefficient (Wildman–Crippen LogP) is 2.70. The first kappa shape index (κ1) is 13.9. The van der Waals surface area contributed by atoms with E-state index in [1.165, 1.54) is 12.1 Å². The summed E-state index contributed by atoms with van der Waals surface area (Å²) in [6, 6.07) is 11.7. The van der Waals surface area contributed by atoms with Crippen LogP contribution in [-0.2, 0) is 6.61 Å². The van der Waals surface area contributed by atoms with Crippen molar-refractivity contribution in [2.75, 3.05) is 7.11 Å². The summed E-state index contributed by atoms with van der Waals surface area (Å²) in [5, 5.41) is 7.40. The Morgan fingerprint density at radius 3 is 2.70 bits per heavy atom. The second-order valence-corrected chi connectivity index (χ2v) is 4.17. The second-order valence-electron chi connectivity index (χ2n) is 4.17. The molecular formula is C15H15FN2O2. The maximum Gasteiger partial charge on any atom is 0.137 e. The zero-order chi connectivity index (χ0) is 14.5. The largest absolute Gasteiger partial charge is 0.497 e. The van der Waals surface area contributed by atoms with Crippen LogP contribution >= 0.6 is 0 Å². The first-order valence-electron chi connectivity index (χ1n) is 6.00. The quantitative estimate of drug-likeness (QED) is 0.650. The van der Waals surface area contributed by atoms with Gasteiger partial charge in [-0.3, -0.25) is 5.41 Å². The molecule has 2 rings (SSSR count). The van der Waals surface area contributed by atoms with E-state index in [0.29, 0.717) is 0 Å². The van der Waals surface area contributed by atoms with Crippen LogP contribution in [0.3, 0.4) is 0 Å². The molecule has 0 fully saturated rings. The van der Waals surface area contributed by atoms with Gasteiger partial charge in [0.25, 0.3) is 0 Å². The van der Waals surface area contributed by atoms with Gasteiger partial charge in [0.1, 0.15) is 29.8 Å². The minimum absolute atomic E-state index is 0.0182. The molecular weight excluding hydrogens is 259 g/mol. The van der Waals surface area contributed by atoms with Crippen LogP contribution in [0, 0.1) is 11.2 Å². The summed E-state index contributed by atoms with van der Waals surface area (Å²) in [7, 11) is 1.58. The Balaban J connectivity index is 2.18. The molecule has 0 heterocycles. The van der Waals surface area contributed by atoms with Crippen molar-refractivity contribution in [1.82, 2.24) is 0 Å². The number of nitrogen functional groups attached to an aromatic ring is 1. The molecule has 0 saturated carbocycles. The van der Waals surface area contributed by atoms with Gasteiger partial charge in [0.2, 0.25) is 0 Å². The standard InChI is InChI=1S/C15H15FN2O2/c1-19-11-5-2-4-10(8-11)9-20-13-7-3-6-12(16)14(13)15(17)18/h2-8H,9H2,1H3,(H3,17,18). The van der Waals surface area contributed by atoms with Crippen molar-refractivity contribution < 1.29 is 13.9 Å². The monoisotopic (exact) mass is 274 g/mol. The highest BCUT2D eigenvalue weighted by Crippen LogP contribution is 2.22. The van der Waals surface area contributed by atoms with E-state index in [1.807, 2.05) is 24.3 Å². The maximum atomic E-state index is 13.6. The Morgan fingerprint density at radius 2 is 2.00 bits per heavy atom. The van der Waals surface area contributed by atoms with E-state index in [0.717, 1.165) is 11.3 Å². The van der Waals surface area contributed by atoms with Crippen LogP contribution in [-0.4, -0.2) is 12.9 Å². The Morgan fingerprint density at radius 1 is 1.25 bits per heavy atom. The molecule has 0 unspecified atom stereocenters. The summed E-state index contributed by atoms with van der Waals surface area (Å²) < 4.78 is 24.3. The topological polar surface area (TPSA) is 68.3 Å². The van der Waals surface area contributed by atoms with Gasteiger partial charge in [0, 0.05) is 0 Å². The first-order chi connectivity index (χ1) is 9.61. The molecule has 0 bridgehead atoms. The van der Waals surface area contributed by atoms with Gasteiger partial charge >= 0.3 is 0 Å². The Labute approximate surface area is 116 Å². The van der Waals surface area contributed by atoms with Crippen molar-refractivity contribution in [2.45, 2.75) is 6.61 Å². The van der Waals surface area contributed by atoms with E-state index >= 15 is 0 Å². The molecule has 5 heteroatoms. The average molecular weight is 274 g/mol. The molecule has 0 spiro atoms. The van der Waals surface area contributed by atoms with E-state index in [4.69, 9.17) is 20.6 Å². The van der Waals surface area contributed by atoms with Gasteiger partial charge in [0.05, 0.1) is 12.7 Å². The summed E-state index contributed by atoms with van der Waals surface area (Å²) >= 11 is 0. The van der Waals surface area contributed by atoms with E-state index in [-0.39, 0.29) is 23.8 Å². The van der Waals surface area contributed by atoms with E-state index in [2.05, 4.69) is 0 Å². The highest BCUT2D eigenvalue weighted by atomic mass is 19.1. The van der Waals surface area contributed by atoms with Gasteiger partial charge < -0.3 is 15.2 Å². The van der Waals surface area contributed by atoms with Gasteiger partial charge in [-0.25, -0.2) is 4.39 Å². The SMILES string of the molecule is COc1cccc(COc2cccc(F)c2C(=N)N)c1. The lowest BCUT2D eigenvalue weighted by Gasteiger charge is -2.11. The third kappa shape index (κ3) is 3.06. The zero-order valence-corrected chi connectivity index (χ0v) is 11.0. The minimum atomic E-state index is -0.569. The molecule has 2 aromatic carbocycles. The molecule has 0 atom stereocenters. The van der Waals surface area contributed by atoms with E-state index in [9.17, 15) is 4.39 Å². The van der Waals surface area contributed by atoms with Gasteiger partial charge in [-0.1, -0.05) is 18.2 Å². The predicted molar refractivity (Wildman–Crippen MR) is 74.7 cm³/mol. The third-order valence-corrected chi connectivity index (χ3v) is 2.77. The van der Waals surface area contributed by atoms with Crippen LogP contribution in [0.25, 0.3) is 0 Å². The summed E-state index contributed by atoms with van der Waals surface area (Å²) in [5.41, 5.74) is 6.23. The lowest BCUT2D eigenvalue weighted by atomic mass is 10.1. The van der Waals surface area contributed by atoms with E-state index in [1.54, 1.807) is 13.2 Å². The molecule has 0 aromatic heterocycles. The first-order valence-corrected chi connectivity index (χ1v) is 6.00. The Bertz CT molecular complexity index is 629. The number of hydrogen-bond acceptors (Lipinski definition) is 3. The molecule has 0 amide bonds. The summed E-state index contributed by atoms with van der Waals surface area (Å²) in [4.78, 5) is 0. The van der Waals surface area contributed by atoms with E-state index < -0.39 is 5.82 Å². The van der Waals surface area contributed by atoms with Crippen molar-refractivity contribution in [3.8, 4) is 11.5 Å². The van der Waals surface area contributed by atoms with Crippen molar-refractivity contribution in [2.24, 2.45) is 5.73 Å². The molecule has 2 aromatic rings. The number of rotatable bonds is 5. The fraction of sp³-hybridized carbons (Fsp3) is 0.133. The minimum Gasteiger partial charge on any atom is -0.497 e. The average Bonchev–Trinajstić information content (AvgIpc) is 2.45. The highest BCUT2D eigenvalue weighted by Gasteiger charge is 2.12. The van der Waals surface area contributed by atoms with Gasteiger partial charge in [-0.2, -0.15) is 0 Å². The normalized spacial score (nSPS) is 10.1.